The highest BCUT2D eigenvalue weighted by molar-refractivity contribution is 6.05. The summed E-state index contributed by atoms with van der Waals surface area (Å²) in [5, 5.41) is 7.30. The normalized spacial score (nSPS) is 14.8. The number of fused-ring (bicyclic) bond motifs is 1. The van der Waals surface area contributed by atoms with Gasteiger partial charge in [-0.1, -0.05) is 18.2 Å². The lowest BCUT2D eigenvalue weighted by Crippen LogP contribution is -2.16. The minimum atomic E-state index is -0.487. The van der Waals surface area contributed by atoms with Crippen LogP contribution in [0.1, 0.15) is 45.7 Å². The van der Waals surface area contributed by atoms with Gasteiger partial charge in [0.25, 0.3) is 0 Å². The largest absolute Gasteiger partial charge is 0.457 e. The Kier molecular flexibility index (Phi) is 5.42. The fourth-order valence-electron chi connectivity index (χ4n) is 3.77. The summed E-state index contributed by atoms with van der Waals surface area (Å²) in [6.07, 6.45) is 0.0391. The van der Waals surface area contributed by atoms with Gasteiger partial charge in [0, 0.05) is 22.5 Å². The van der Waals surface area contributed by atoms with Crippen molar-refractivity contribution in [1.29, 1.82) is 0 Å². The molecule has 7 nitrogen and oxygen atoms in total. The zero-order valence-electron chi connectivity index (χ0n) is 17.6. The van der Waals surface area contributed by atoms with Gasteiger partial charge in [0.15, 0.2) is 12.4 Å². The number of ketones is 1. The van der Waals surface area contributed by atoms with Crippen LogP contribution >= 0.6 is 0 Å². The maximum absolute atomic E-state index is 12.5. The van der Waals surface area contributed by atoms with Gasteiger partial charge in [-0.05, 0) is 56.7 Å². The van der Waals surface area contributed by atoms with Gasteiger partial charge in [-0.2, -0.15) is 5.10 Å². The molecule has 0 saturated heterocycles. The van der Waals surface area contributed by atoms with E-state index in [1.807, 2.05) is 44.2 Å². The number of carbonyl (C=O) groups is 3. The van der Waals surface area contributed by atoms with Gasteiger partial charge in [0.05, 0.1) is 23.7 Å². The van der Waals surface area contributed by atoms with Crippen LogP contribution in [0.3, 0.4) is 0 Å². The number of hydrogen-bond acceptors (Lipinski definition) is 5. The van der Waals surface area contributed by atoms with Gasteiger partial charge in [-0.3, -0.25) is 14.4 Å². The Morgan fingerprint density at radius 1 is 1.13 bits per heavy atom. The van der Waals surface area contributed by atoms with Gasteiger partial charge < -0.3 is 10.1 Å². The van der Waals surface area contributed by atoms with Gasteiger partial charge in [-0.15, -0.1) is 0 Å². The van der Waals surface area contributed by atoms with Crippen molar-refractivity contribution >= 4 is 23.3 Å². The molecule has 3 aromatic rings. The number of aryl methyl sites for hydroxylation is 1. The number of anilines is 1. The molecule has 0 radical (unpaired) electrons. The number of ether oxygens (including phenoxy) is 1. The predicted molar refractivity (Wildman–Crippen MR) is 116 cm³/mol. The van der Waals surface area contributed by atoms with Crippen LogP contribution in [0.15, 0.2) is 48.5 Å². The molecule has 1 amide bonds. The van der Waals surface area contributed by atoms with Crippen molar-refractivity contribution < 1.29 is 19.1 Å². The molecular weight excluding hydrogens is 394 g/mol. The first-order valence-electron chi connectivity index (χ1n) is 10.1. The molecule has 1 aliphatic heterocycles. The lowest BCUT2D eigenvalue weighted by molar-refractivity contribution is -0.141. The molecular formula is C24H23N3O4. The van der Waals surface area contributed by atoms with E-state index in [1.54, 1.807) is 29.8 Å². The molecule has 2 aromatic carbocycles. The minimum absolute atomic E-state index is 0.0391. The van der Waals surface area contributed by atoms with E-state index >= 15 is 0 Å². The Morgan fingerprint density at radius 3 is 2.61 bits per heavy atom. The first-order valence-corrected chi connectivity index (χ1v) is 10.1. The number of hydrogen-bond donors (Lipinski definition) is 1. The molecule has 0 saturated carbocycles. The number of Topliss-reactive ketones (excluding diaryl/α,β-unsaturated/α-hetero) is 1. The standard InChI is InChI=1S/C24H23N3O4/c1-14-19-11-17(9-10-21(19)25-24(14)30)22(28)13-31-23(29)12-20-15(2)26-27(16(20)3)18-7-5-4-6-8-18/h4-11,14H,12-13H2,1-3H3,(H,25,30)/t14-/m1/s1. The summed E-state index contributed by atoms with van der Waals surface area (Å²) in [6.45, 7) is 5.19. The molecule has 0 fully saturated rings. The zero-order chi connectivity index (χ0) is 22.1. The highest BCUT2D eigenvalue weighted by Gasteiger charge is 2.27. The second-order valence-electron chi connectivity index (χ2n) is 7.67. The number of carbonyl (C=O) groups excluding carboxylic acids is 3. The van der Waals surface area contributed by atoms with E-state index < -0.39 is 5.97 Å². The molecule has 0 spiro atoms. The number of amides is 1. The van der Waals surface area contributed by atoms with Crippen molar-refractivity contribution in [2.75, 3.05) is 11.9 Å². The van der Waals surface area contributed by atoms with Gasteiger partial charge in [0.1, 0.15) is 0 Å². The van der Waals surface area contributed by atoms with Crippen molar-refractivity contribution in [3.63, 3.8) is 0 Å². The van der Waals surface area contributed by atoms with Crippen LogP contribution in [0.5, 0.6) is 0 Å². The third kappa shape index (κ3) is 3.99. The zero-order valence-corrected chi connectivity index (χ0v) is 17.6. The van der Waals surface area contributed by atoms with Crippen LogP contribution in [0.2, 0.25) is 0 Å². The number of nitrogens with zero attached hydrogens (tertiary/aromatic N) is 2. The first-order chi connectivity index (χ1) is 14.8. The number of para-hydroxylation sites is 1. The summed E-state index contributed by atoms with van der Waals surface area (Å²) < 4.78 is 7.04. The monoisotopic (exact) mass is 417 g/mol. The van der Waals surface area contributed by atoms with Gasteiger partial charge in [0.2, 0.25) is 5.91 Å². The van der Waals surface area contributed by atoms with Crippen LogP contribution < -0.4 is 5.32 Å². The molecule has 0 bridgehead atoms. The highest BCUT2D eigenvalue weighted by Crippen LogP contribution is 2.32. The third-order valence-corrected chi connectivity index (χ3v) is 5.62. The number of aromatic nitrogens is 2. The number of benzene rings is 2. The summed E-state index contributed by atoms with van der Waals surface area (Å²) in [7, 11) is 0. The number of esters is 1. The van der Waals surface area contributed by atoms with E-state index in [0.29, 0.717) is 11.3 Å². The van der Waals surface area contributed by atoms with E-state index in [9.17, 15) is 14.4 Å². The molecule has 31 heavy (non-hydrogen) atoms. The molecule has 7 heteroatoms. The van der Waals surface area contributed by atoms with E-state index in [0.717, 1.165) is 28.2 Å². The average Bonchev–Trinajstić information content (AvgIpc) is 3.22. The maximum atomic E-state index is 12.5. The SMILES string of the molecule is Cc1nn(-c2ccccc2)c(C)c1CC(=O)OCC(=O)c1ccc2c(c1)[C@@H](C)C(=O)N2. The maximum Gasteiger partial charge on any atom is 0.310 e. The summed E-state index contributed by atoms with van der Waals surface area (Å²) >= 11 is 0. The molecule has 2 heterocycles. The molecule has 158 valence electrons. The first kappa shape index (κ1) is 20.5. The topological polar surface area (TPSA) is 90.3 Å². The van der Waals surface area contributed by atoms with Gasteiger partial charge in [-0.25, -0.2) is 4.68 Å². The predicted octanol–water partition coefficient (Wildman–Crippen LogP) is 3.51. The molecule has 1 aromatic heterocycles. The smallest absolute Gasteiger partial charge is 0.310 e. The second kappa shape index (κ2) is 8.18. The average molecular weight is 417 g/mol. The lowest BCUT2D eigenvalue weighted by atomic mass is 9.99. The second-order valence-corrected chi connectivity index (χ2v) is 7.67. The van der Waals surface area contributed by atoms with Crippen LogP contribution in [0.4, 0.5) is 5.69 Å². The Hall–Kier alpha value is -3.74. The molecule has 4 rings (SSSR count). The van der Waals surface area contributed by atoms with Crippen LogP contribution in [0, 0.1) is 13.8 Å². The lowest BCUT2D eigenvalue weighted by Gasteiger charge is -2.08. The molecule has 1 atom stereocenters. The summed E-state index contributed by atoms with van der Waals surface area (Å²) in [5.74, 6) is -1.19. The Balaban J connectivity index is 1.41. The van der Waals surface area contributed by atoms with Crippen LogP contribution in [0.25, 0.3) is 5.69 Å². The third-order valence-electron chi connectivity index (χ3n) is 5.62. The van der Waals surface area contributed by atoms with Crippen molar-refractivity contribution in [1.82, 2.24) is 9.78 Å². The fourth-order valence-corrected chi connectivity index (χ4v) is 3.77. The van der Waals surface area contributed by atoms with E-state index in [1.165, 1.54) is 0 Å². The fraction of sp³-hybridized carbons (Fsp3) is 0.250. The Labute approximate surface area is 180 Å². The highest BCUT2D eigenvalue weighted by atomic mass is 16.5. The van der Waals surface area contributed by atoms with E-state index in [2.05, 4.69) is 10.4 Å². The summed E-state index contributed by atoms with van der Waals surface area (Å²) in [4.78, 5) is 36.7. The summed E-state index contributed by atoms with van der Waals surface area (Å²) in [6, 6.07) is 14.7. The quantitative estimate of drug-likeness (QED) is 0.490. The van der Waals surface area contributed by atoms with Crippen molar-refractivity contribution in [3.05, 3.63) is 76.6 Å². The number of rotatable bonds is 6. The van der Waals surface area contributed by atoms with Crippen molar-refractivity contribution in [2.24, 2.45) is 0 Å². The van der Waals surface area contributed by atoms with Gasteiger partial charge >= 0.3 is 5.97 Å². The molecule has 1 N–H and O–H groups in total. The molecule has 1 aliphatic rings. The van der Waals surface area contributed by atoms with Crippen molar-refractivity contribution in [2.45, 2.75) is 33.1 Å². The molecule has 0 aliphatic carbocycles. The Morgan fingerprint density at radius 2 is 1.87 bits per heavy atom. The molecule has 0 unspecified atom stereocenters. The van der Waals surface area contributed by atoms with Crippen LogP contribution in [-0.4, -0.2) is 34.0 Å². The summed E-state index contributed by atoms with van der Waals surface area (Å²) in [5.41, 5.74) is 5.22. The Bertz CT molecular complexity index is 1180. The number of nitrogens with one attached hydrogen (secondary N) is 1. The van der Waals surface area contributed by atoms with Crippen molar-refractivity contribution in [3.8, 4) is 5.69 Å². The van der Waals surface area contributed by atoms with Crippen LogP contribution in [-0.2, 0) is 20.7 Å². The van der Waals surface area contributed by atoms with E-state index in [4.69, 9.17) is 4.74 Å². The minimum Gasteiger partial charge on any atom is -0.457 e. The van der Waals surface area contributed by atoms with E-state index in [-0.39, 0.29) is 30.6 Å².